The lowest BCUT2D eigenvalue weighted by Gasteiger charge is -2.42. The van der Waals surface area contributed by atoms with Gasteiger partial charge in [0.05, 0.1) is 11.1 Å². The second-order valence-electron chi connectivity index (χ2n) is 5.11. The molecule has 4 nitrogen and oxygen atoms in total. The Hall–Kier alpha value is -1.26. The van der Waals surface area contributed by atoms with Gasteiger partial charge in [-0.2, -0.15) is 0 Å². The summed E-state index contributed by atoms with van der Waals surface area (Å²) in [5, 5.41) is 13.5. The second kappa shape index (κ2) is 4.78. The first-order valence-corrected chi connectivity index (χ1v) is 6.31. The first kappa shape index (κ1) is 13.2. The number of amides is 1. The summed E-state index contributed by atoms with van der Waals surface area (Å²) in [4.78, 5) is 14.2. The van der Waals surface area contributed by atoms with Crippen LogP contribution in [0.4, 0.5) is 0 Å². The molecule has 1 aromatic rings. The van der Waals surface area contributed by atoms with Crippen molar-refractivity contribution in [2.75, 3.05) is 19.6 Å². The van der Waals surface area contributed by atoms with Crippen molar-refractivity contribution in [2.45, 2.75) is 19.4 Å². The van der Waals surface area contributed by atoms with Gasteiger partial charge in [0.2, 0.25) is 0 Å². The molecule has 2 rings (SSSR count). The number of hydrogen-bond donors (Lipinski definition) is 2. The molecule has 1 saturated heterocycles. The third-order valence-electron chi connectivity index (χ3n) is 3.23. The van der Waals surface area contributed by atoms with Crippen LogP contribution < -0.4 is 5.32 Å². The topological polar surface area (TPSA) is 52.6 Å². The van der Waals surface area contributed by atoms with E-state index in [1.165, 1.54) is 12.1 Å². The lowest BCUT2D eigenvalue weighted by atomic mass is 9.98. The Bertz CT molecular complexity index is 474. The maximum Gasteiger partial charge on any atom is 0.258 e. The van der Waals surface area contributed by atoms with Crippen LogP contribution in [0.15, 0.2) is 18.2 Å². The van der Waals surface area contributed by atoms with Gasteiger partial charge in [-0.25, -0.2) is 0 Å². The molecule has 1 fully saturated rings. The summed E-state index contributed by atoms with van der Waals surface area (Å²) < 4.78 is 0. The Morgan fingerprint density at radius 1 is 1.50 bits per heavy atom. The Morgan fingerprint density at radius 3 is 2.89 bits per heavy atom. The molecule has 1 amide bonds. The molecule has 0 radical (unpaired) electrons. The number of hydrogen-bond acceptors (Lipinski definition) is 3. The fraction of sp³-hybridized carbons (Fsp3) is 0.462. The quantitative estimate of drug-likeness (QED) is 0.818. The van der Waals surface area contributed by atoms with Crippen LogP contribution in [0.1, 0.15) is 24.2 Å². The number of halogens is 1. The van der Waals surface area contributed by atoms with Crippen LogP contribution >= 0.6 is 11.6 Å². The first-order chi connectivity index (χ1) is 8.42. The number of nitrogens with one attached hydrogen (secondary N) is 1. The lowest BCUT2D eigenvalue weighted by molar-refractivity contribution is 0.0474. The molecule has 1 aromatic carbocycles. The minimum absolute atomic E-state index is 0.0290. The minimum Gasteiger partial charge on any atom is -0.507 e. The van der Waals surface area contributed by atoms with Gasteiger partial charge in [-0.15, -0.1) is 0 Å². The van der Waals surface area contributed by atoms with Gasteiger partial charge in [-0.3, -0.25) is 4.79 Å². The van der Waals surface area contributed by atoms with Crippen LogP contribution in [0.3, 0.4) is 0 Å². The van der Waals surface area contributed by atoms with Gasteiger partial charge in [-0.1, -0.05) is 11.6 Å². The SMILES string of the molecule is CC1(C)CNCCN1C(=O)c1cc(Cl)ccc1O. The zero-order valence-corrected chi connectivity index (χ0v) is 11.3. The summed E-state index contributed by atoms with van der Waals surface area (Å²) >= 11 is 5.88. The summed E-state index contributed by atoms with van der Waals surface area (Å²) in [5.74, 6) is -0.208. The van der Waals surface area contributed by atoms with Gasteiger partial charge in [0.25, 0.3) is 5.91 Å². The zero-order valence-electron chi connectivity index (χ0n) is 10.5. The van der Waals surface area contributed by atoms with E-state index in [4.69, 9.17) is 11.6 Å². The van der Waals surface area contributed by atoms with Gasteiger partial charge in [-0.05, 0) is 32.0 Å². The summed E-state index contributed by atoms with van der Waals surface area (Å²) in [6.07, 6.45) is 0. The minimum atomic E-state index is -0.274. The maximum atomic E-state index is 12.5. The molecule has 0 saturated carbocycles. The average Bonchev–Trinajstić information content (AvgIpc) is 2.31. The monoisotopic (exact) mass is 268 g/mol. The fourth-order valence-electron chi connectivity index (χ4n) is 2.18. The molecule has 0 bridgehead atoms. The van der Waals surface area contributed by atoms with Crippen molar-refractivity contribution in [3.05, 3.63) is 28.8 Å². The van der Waals surface area contributed by atoms with Crippen LogP contribution in [0.2, 0.25) is 5.02 Å². The van der Waals surface area contributed by atoms with E-state index in [9.17, 15) is 9.90 Å². The van der Waals surface area contributed by atoms with E-state index in [-0.39, 0.29) is 22.8 Å². The van der Waals surface area contributed by atoms with E-state index in [0.717, 1.165) is 13.1 Å². The van der Waals surface area contributed by atoms with Gasteiger partial charge in [0.15, 0.2) is 0 Å². The van der Waals surface area contributed by atoms with Gasteiger partial charge >= 0.3 is 0 Å². The molecule has 0 spiro atoms. The molecule has 18 heavy (non-hydrogen) atoms. The molecule has 0 aromatic heterocycles. The number of phenols is 1. The van der Waals surface area contributed by atoms with Crippen LogP contribution in [0.5, 0.6) is 5.75 Å². The molecule has 1 aliphatic rings. The molecule has 2 N–H and O–H groups in total. The third kappa shape index (κ3) is 2.44. The molecule has 98 valence electrons. The average molecular weight is 269 g/mol. The molecule has 1 aliphatic heterocycles. The highest BCUT2D eigenvalue weighted by molar-refractivity contribution is 6.31. The number of aromatic hydroxyl groups is 1. The molecule has 0 aliphatic carbocycles. The molecular formula is C13H17ClN2O2. The van der Waals surface area contributed by atoms with Gasteiger partial charge in [0.1, 0.15) is 5.75 Å². The number of piperazine rings is 1. The lowest BCUT2D eigenvalue weighted by Crippen LogP contribution is -2.59. The van der Waals surface area contributed by atoms with Gasteiger partial charge in [0, 0.05) is 24.7 Å². The molecule has 1 heterocycles. The van der Waals surface area contributed by atoms with Crippen LogP contribution in [-0.4, -0.2) is 41.1 Å². The number of phenolic OH excluding ortho intramolecular Hbond substituents is 1. The molecule has 5 heteroatoms. The highest BCUT2D eigenvalue weighted by Gasteiger charge is 2.34. The normalized spacial score (nSPS) is 18.7. The van der Waals surface area contributed by atoms with E-state index in [0.29, 0.717) is 11.6 Å². The maximum absolute atomic E-state index is 12.5. The summed E-state index contributed by atoms with van der Waals surface area (Å²) in [6.45, 7) is 6.12. The smallest absolute Gasteiger partial charge is 0.258 e. The fourth-order valence-corrected chi connectivity index (χ4v) is 2.36. The number of carbonyl (C=O) groups is 1. The van der Waals surface area contributed by atoms with Crippen molar-refractivity contribution >= 4 is 17.5 Å². The Kier molecular flexibility index (Phi) is 3.50. The Morgan fingerprint density at radius 2 is 2.22 bits per heavy atom. The van der Waals surface area contributed by atoms with Crippen LogP contribution in [-0.2, 0) is 0 Å². The van der Waals surface area contributed by atoms with E-state index < -0.39 is 0 Å². The van der Waals surface area contributed by atoms with Crippen molar-refractivity contribution < 1.29 is 9.90 Å². The van der Waals surface area contributed by atoms with Crippen molar-refractivity contribution in [1.82, 2.24) is 10.2 Å². The molecular weight excluding hydrogens is 252 g/mol. The first-order valence-electron chi connectivity index (χ1n) is 5.93. The third-order valence-corrected chi connectivity index (χ3v) is 3.47. The summed E-state index contributed by atoms with van der Waals surface area (Å²) in [5.41, 5.74) is -0.0122. The number of carbonyl (C=O) groups excluding carboxylic acids is 1. The van der Waals surface area contributed by atoms with Crippen molar-refractivity contribution in [1.29, 1.82) is 0 Å². The van der Waals surface area contributed by atoms with E-state index in [2.05, 4.69) is 5.32 Å². The highest BCUT2D eigenvalue weighted by atomic mass is 35.5. The number of rotatable bonds is 1. The molecule has 0 atom stereocenters. The molecule has 0 unspecified atom stereocenters. The summed E-state index contributed by atoms with van der Waals surface area (Å²) in [7, 11) is 0. The van der Waals surface area contributed by atoms with E-state index >= 15 is 0 Å². The summed E-state index contributed by atoms with van der Waals surface area (Å²) in [6, 6.07) is 4.53. The van der Waals surface area contributed by atoms with Crippen molar-refractivity contribution in [2.24, 2.45) is 0 Å². The van der Waals surface area contributed by atoms with Crippen LogP contribution in [0.25, 0.3) is 0 Å². The zero-order chi connectivity index (χ0) is 13.3. The van der Waals surface area contributed by atoms with Gasteiger partial charge < -0.3 is 15.3 Å². The Labute approximate surface area is 112 Å². The predicted molar refractivity (Wildman–Crippen MR) is 71.1 cm³/mol. The van der Waals surface area contributed by atoms with E-state index in [1.807, 2.05) is 13.8 Å². The largest absolute Gasteiger partial charge is 0.507 e. The van der Waals surface area contributed by atoms with Crippen LogP contribution in [0, 0.1) is 0 Å². The van der Waals surface area contributed by atoms with Crippen molar-refractivity contribution in [3.63, 3.8) is 0 Å². The van der Waals surface area contributed by atoms with E-state index in [1.54, 1.807) is 11.0 Å². The second-order valence-corrected chi connectivity index (χ2v) is 5.54. The highest BCUT2D eigenvalue weighted by Crippen LogP contribution is 2.26. The Balaban J connectivity index is 2.33. The van der Waals surface area contributed by atoms with Crippen molar-refractivity contribution in [3.8, 4) is 5.75 Å². The predicted octanol–water partition coefficient (Wildman–Crippen LogP) is 1.87. The standard InChI is InChI=1S/C13H17ClN2O2/c1-13(2)8-15-5-6-16(13)12(18)10-7-9(14)3-4-11(10)17/h3-4,7,15,17H,5-6,8H2,1-2H3. The number of nitrogens with zero attached hydrogens (tertiary/aromatic N) is 1. The number of benzene rings is 1.